The van der Waals surface area contributed by atoms with E-state index in [-0.39, 0.29) is 6.09 Å². The van der Waals surface area contributed by atoms with Gasteiger partial charge in [0.25, 0.3) is 0 Å². The van der Waals surface area contributed by atoms with Gasteiger partial charge in [-0.25, -0.2) is 24.7 Å². The Balaban J connectivity index is 0.000000165. The van der Waals surface area contributed by atoms with Crippen molar-refractivity contribution in [3.63, 3.8) is 0 Å². The first-order chi connectivity index (χ1) is 24.4. The number of pyridine rings is 2. The number of rotatable bonds is 2. The third-order valence-electron chi connectivity index (χ3n) is 8.45. The van der Waals surface area contributed by atoms with Crippen LogP contribution < -0.4 is 20.5 Å². The molecule has 0 unspecified atom stereocenters. The van der Waals surface area contributed by atoms with Crippen molar-refractivity contribution in [2.75, 3.05) is 32.0 Å². The second-order valence-electron chi connectivity index (χ2n) is 13.7. The molecule has 51 heavy (non-hydrogen) atoms. The SMILES string of the molecule is Cc1cc(-c2cnc3sc(N)nc3c2)cc2c1OCCNC2.Cc1nc2cc(-c3cc(C)c4c(c3)CN(C(=O)OC(C)(C)C)CCO4)cnc2s1. The number of fused-ring (bicyclic) bond motifs is 4. The number of hydrogen-bond acceptors (Lipinski definition) is 12. The van der Waals surface area contributed by atoms with Crippen LogP contribution in [0.5, 0.6) is 11.5 Å². The van der Waals surface area contributed by atoms with Crippen LogP contribution in [0, 0.1) is 20.8 Å². The van der Waals surface area contributed by atoms with Crippen LogP contribution in [0.25, 0.3) is 42.9 Å². The molecular formula is C38H41N7O4S2. The predicted molar refractivity (Wildman–Crippen MR) is 204 cm³/mol. The molecule has 6 heterocycles. The molecule has 0 aliphatic carbocycles. The van der Waals surface area contributed by atoms with Gasteiger partial charge < -0.3 is 30.2 Å². The zero-order valence-corrected chi connectivity index (χ0v) is 31.3. The molecule has 0 spiro atoms. The molecule has 4 aromatic heterocycles. The highest BCUT2D eigenvalue weighted by atomic mass is 32.1. The molecule has 0 atom stereocenters. The molecule has 0 radical (unpaired) electrons. The average Bonchev–Trinajstić information content (AvgIpc) is 3.42. The van der Waals surface area contributed by atoms with Crippen LogP contribution in [-0.4, -0.2) is 62.8 Å². The number of nitrogen functional groups attached to an aromatic ring is 1. The quantitative estimate of drug-likeness (QED) is 0.182. The van der Waals surface area contributed by atoms with Crippen molar-refractivity contribution in [1.29, 1.82) is 0 Å². The lowest BCUT2D eigenvalue weighted by Gasteiger charge is -2.26. The minimum atomic E-state index is -0.530. The average molecular weight is 724 g/mol. The van der Waals surface area contributed by atoms with Gasteiger partial charge in [-0.2, -0.15) is 0 Å². The molecule has 11 nitrogen and oxygen atoms in total. The molecule has 2 aliphatic rings. The summed E-state index contributed by atoms with van der Waals surface area (Å²) >= 11 is 3.00. The molecule has 2 aromatic carbocycles. The van der Waals surface area contributed by atoms with Gasteiger partial charge in [0, 0.05) is 47.7 Å². The third-order valence-corrected chi connectivity index (χ3v) is 10.2. The van der Waals surface area contributed by atoms with Crippen molar-refractivity contribution in [1.82, 2.24) is 30.2 Å². The third kappa shape index (κ3) is 7.75. The number of nitrogens with two attached hydrogens (primary N) is 1. The number of benzene rings is 2. The number of nitrogens with one attached hydrogen (secondary N) is 1. The summed E-state index contributed by atoms with van der Waals surface area (Å²) in [6, 6.07) is 12.6. The smallest absolute Gasteiger partial charge is 0.410 e. The van der Waals surface area contributed by atoms with Crippen molar-refractivity contribution >= 4 is 54.6 Å². The summed E-state index contributed by atoms with van der Waals surface area (Å²) in [5.41, 5.74) is 15.5. The molecule has 0 saturated heterocycles. The summed E-state index contributed by atoms with van der Waals surface area (Å²) in [7, 11) is 0. The minimum absolute atomic E-state index is 0.321. The molecule has 1 amide bonds. The fourth-order valence-corrected chi connectivity index (χ4v) is 7.64. The van der Waals surface area contributed by atoms with Gasteiger partial charge in [-0.3, -0.25) is 0 Å². The number of amides is 1. The lowest BCUT2D eigenvalue weighted by atomic mass is 10.00. The maximum absolute atomic E-state index is 12.6. The summed E-state index contributed by atoms with van der Waals surface area (Å²) < 4.78 is 17.4. The van der Waals surface area contributed by atoms with Crippen LogP contribution in [0.1, 0.15) is 48.0 Å². The van der Waals surface area contributed by atoms with Crippen LogP contribution >= 0.6 is 22.7 Å². The van der Waals surface area contributed by atoms with Crippen molar-refractivity contribution in [2.24, 2.45) is 0 Å². The van der Waals surface area contributed by atoms with Crippen molar-refractivity contribution in [3.05, 3.63) is 76.1 Å². The number of carbonyl (C=O) groups is 1. The molecule has 0 bridgehead atoms. The van der Waals surface area contributed by atoms with Gasteiger partial charge in [0.05, 0.1) is 18.1 Å². The van der Waals surface area contributed by atoms with E-state index in [1.54, 1.807) is 16.2 Å². The Morgan fingerprint density at radius 1 is 0.824 bits per heavy atom. The lowest BCUT2D eigenvalue weighted by Crippen LogP contribution is -2.37. The second-order valence-corrected chi connectivity index (χ2v) is 15.9. The number of thiazole rings is 2. The second kappa shape index (κ2) is 14.0. The number of carbonyl (C=O) groups excluding carboxylic acids is 1. The fourth-order valence-electron chi connectivity index (χ4n) is 6.25. The van der Waals surface area contributed by atoms with Gasteiger partial charge in [-0.05, 0) is 100 Å². The van der Waals surface area contributed by atoms with E-state index in [2.05, 4.69) is 62.5 Å². The molecule has 8 rings (SSSR count). The first-order valence-corrected chi connectivity index (χ1v) is 18.5. The standard InChI is InChI=1S/C22H25N3O3S.C16H16N4OS/c1-13-8-15(16-10-18-20(23-11-16)29-14(2)24-18)9-17-12-25(6-7-27-19(13)17)21(26)28-22(3,4)5;1-9-4-10(5-12-7-18-2-3-21-14(9)12)11-6-13-15(19-8-11)22-16(17)20-13/h8-11H,6-7,12H2,1-5H3;4-6,8,18H,2-3,7H2,1H3,(H2,17,20). The van der Waals surface area contributed by atoms with E-state index in [9.17, 15) is 4.79 Å². The lowest BCUT2D eigenvalue weighted by molar-refractivity contribution is 0.0225. The first-order valence-electron chi connectivity index (χ1n) is 16.9. The van der Waals surface area contributed by atoms with Crippen LogP contribution in [0.2, 0.25) is 0 Å². The Labute approximate surface area is 304 Å². The van der Waals surface area contributed by atoms with E-state index < -0.39 is 5.60 Å². The molecular weight excluding hydrogens is 683 g/mol. The number of aryl methyl sites for hydroxylation is 3. The number of nitrogens with zero attached hydrogens (tertiary/aromatic N) is 5. The number of anilines is 1. The summed E-state index contributed by atoms with van der Waals surface area (Å²) in [5.74, 6) is 1.85. The molecule has 2 aliphatic heterocycles. The molecule has 13 heteroatoms. The first kappa shape index (κ1) is 34.6. The van der Waals surface area contributed by atoms with Gasteiger partial charge in [0.2, 0.25) is 0 Å². The van der Waals surface area contributed by atoms with Gasteiger partial charge >= 0.3 is 6.09 Å². The zero-order chi connectivity index (χ0) is 35.9. The molecule has 3 N–H and O–H groups in total. The summed E-state index contributed by atoms with van der Waals surface area (Å²) in [6.07, 6.45) is 3.44. The van der Waals surface area contributed by atoms with Crippen molar-refractivity contribution < 1.29 is 19.0 Å². The molecule has 6 aromatic rings. The number of hydrogen-bond donors (Lipinski definition) is 2. The topological polar surface area (TPSA) is 138 Å². The number of ether oxygens (including phenoxy) is 3. The number of aromatic nitrogens is 4. The van der Waals surface area contributed by atoms with Crippen LogP contribution in [-0.2, 0) is 17.8 Å². The van der Waals surface area contributed by atoms with E-state index in [0.717, 1.165) is 89.2 Å². The van der Waals surface area contributed by atoms with E-state index >= 15 is 0 Å². The van der Waals surface area contributed by atoms with E-state index in [0.29, 0.717) is 31.4 Å². The highest BCUT2D eigenvalue weighted by Gasteiger charge is 2.26. The Hall–Kier alpha value is -4.85. The van der Waals surface area contributed by atoms with Gasteiger partial charge in [-0.15, -0.1) is 0 Å². The maximum atomic E-state index is 12.6. The molecule has 0 saturated carbocycles. The Morgan fingerprint density at radius 2 is 1.43 bits per heavy atom. The largest absolute Gasteiger partial charge is 0.492 e. The molecule has 264 valence electrons. The summed E-state index contributed by atoms with van der Waals surface area (Å²) in [5, 5.41) is 4.93. The predicted octanol–water partition coefficient (Wildman–Crippen LogP) is 7.84. The Kier molecular flexibility index (Phi) is 9.53. The van der Waals surface area contributed by atoms with E-state index in [4.69, 9.17) is 19.9 Å². The summed E-state index contributed by atoms with van der Waals surface area (Å²) in [4.78, 5) is 34.0. The highest BCUT2D eigenvalue weighted by molar-refractivity contribution is 7.21. The van der Waals surface area contributed by atoms with E-state index in [1.807, 2.05) is 53.1 Å². The van der Waals surface area contributed by atoms with Crippen LogP contribution in [0.3, 0.4) is 0 Å². The minimum Gasteiger partial charge on any atom is -0.492 e. The Morgan fingerprint density at radius 3 is 2.12 bits per heavy atom. The maximum Gasteiger partial charge on any atom is 0.410 e. The van der Waals surface area contributed by atoms with Crippen molar-refractivity contribution in [2.45, 2.75) is 60.2 Å². The summed E-state index contributed by atoms with van der Waals surface area (Å²) in [6.45, 7) is 15.5. The Bertz CT molecular complexity index is 2260. The van der Waals surface area contributed by atoms with Crippen LogP contribution in [0.15, 0.2) is 48.8 Å². The van der Waals surface area contributed by atoms with Crippen LogP contribution in [0.4, 0.5) is 9.93 Å². The fraction of sp³-hybridized carbons (Fsp3) is 0.342. The van der Waals surface area contributed by atoms with Crippen molar-refractivity contribution in [3.8, 4) is 33.8 Å². The monoisotopic (exact) mass is 723 g/mol. The van der Waals surface area contributed by atoms with Gasteiger partial charge in [0.1, 0.15) is 51.0 Å². The zero-order valence-electron chi connectivity index (χ0n) is 29.6. The highest BCUT2D eigenvalue weighted by Crippen LogP contribution is 2.35. The van der Waals surface area contributed by atoms with Gasteiger partial charge in [0.15, 0.2) is 5.13 Å². The van der Waals surface area contributed by atoms with Gasteiger partial charge in [-0.1, -0.05) is 22.7 Å². The van der Waals surface area contributed by atoms with E-state index in [1.165, 1.54) is 16.9 Å². The molecule has 0 fully saturated rings. The normalized spacial score (nSPS) is 14.4.